The molecule has 0 unspecified atom stereocenters. The number of aromatic amines is 1. The second-order valence-corrected chi connectivity index (χ2v) is 4.55. The Labute approximate surface area is 115 Å². The van der Waals surface area contributed by atoms with E-state index in [1.54, 1.807) is 10.9 Å². The maximum absolute atomic E-state index is 11.9. The molecule has 0 bridgehead atoms. The molecule has 2 N–H and O–H groups in total. The van der Waals surface area contributed by atoms with Crippen LogP contribution in [0.2, 0.25) is 0 Å². The molecular weight excluding hydrogens is 254 g/mol. The summed E-state index contributed by atoms with van der Waals surface area (Å²) in [5.41, 5.74) is 1.56. The number of pyridine rings is 1. The number of H-pyrrole nitrogens is 1. The van der Waals surface area contributed by atoms with Crippen LogP contribution in [0.15, 0.2) is 47.5 Å². The summed E-state index contributed by atoms with van der Waals surface area (Å²) in [6.45, 7) is 2.00. The molecule has 0 radical (unpaired) electrons. The first-order valence-corrected chi connectivity index (χ1v) is 6.49. The van der Waals surface area contributed by atoms with Crippen molar-refractivity contribution in [2.75, 3.05) is 6.54 Å². The number of fused-ring (bicyclic) bond motifs is 1. The lowest BCUT2D eigenvalue weighted by Gasteiger charge is -2.05. The highest BCUT2D eigenvalue weighted by Crippen LogP contribution is 2.09. The lowest BCUT2D eigenvalue weighted by molar-refractivity contribution is 0.539. The van der Waals surface area contributed by atoms with Crippen LogP contribution in [0.4, 0.5) is 0 Å². The number of hydrogen-bond acceptors (Lipinski definition) is 4. The fourth-order valence-corrected chi connectivity index (χ4v) is 2.09. The van der Waals surface area contributed by atoms with Crippen LogP contribution in [0, 0.1) is 0 Å². The number of rotatable bonds is 5. The van der Waals surface area contributed by atoms with Gasteiger partial charge in [-0.1, -0.05) is 23.4 Å². The average Bonchev–Trinajstić information content (AvgIpc) is 2.97. The molecule has 0 aliphatic heterocycles. The number of para-hydroxylation sites is 1. The molecule has 3 aromatic rings. The molecule has 102 valence electrons. The normalized spacial score (nSPS) is 11.0. The zero-order valence-electron chi connectivity index (χ0n) is 10.9. The van der Waals surface area contributed by atoms with E-state index in [-0.39, 0.29) is 5.56 Å². The van der Waals surface area contributed by atoms with E-state index in [0.717, 1.165) is 29.6 Å². The first kappa shape index (κ1) is 12.6. The first-order chi connectivity index (χ1) is 9.83. The largest absolute Gasteiger partial charge is 0.322 e. The average molecular weight is 269 g/mol. The van der Waals surface area contributed by atoms with Gasteiger partial charge in [0, 0.05) is 30.4 Å². The fourth-order valence-electron chi connectivity index (χ4n) is 2.09. The molecule has 6 nitrogen and oxygen atoms in total. The molecule has 0 saturated carbocycles. The Morgan fingerprint density at radius 3 is 3.05 bits per heavy atom. The van der Waals surface area contributed by atoms with Gasteiger partial charge in [0.15, 0.2) is 0 Å². The second kappa shape index (κ2) is 5.66. The highest BCUT2D eigenvalue weighted by atomic mass is 16.1. The fraction of sp³-hybridized carbons (Fsp3) is 0.214. The Morgan fingerprint density at radius 1 is 1.30 bits per heavy atom. The molecule has 0 fully saturated rings. The van der Waals surface area contributed by atoms with Crippen LogP contribution in [0.5, 0.6) is 0 Å². The van der Waals surface area contributed by atoms with Gasteiger partial charge in [-0.05, 0) is 17.5 Å². The van der Waals surface area contributed by atoms with Crippen molar-refractivity contribution < 1.29 is 0 Å². The zero-order valence-corrected chi connectivity index (χ0v) is 10.9. The SMILES string of the molecule is O=c1[nH]c2ccccc2cc1CNCCn1ccnn1. The third kappa shape index (κ3) is 2.75. The van der Waals surface area contributed by atoms with E-state index < -0.39 is 0 Å². The minimum atomic E-state index is -0.0445. The Balaban J connectivity index is 1.65. The van der Waals surface area contributed by atoms with Crippen LogP contribution in [0.1, 0.15) is 5.56 Å². The van der Waals surface area contributed by atoms with Gasteiger partial charge in [-0.25, -0.2) is 0 Å². The topological polar surface area (TPSA) is 75.6 Å². The molecule has 1 aromatic carbocycles. The lowest BCUT2D eigenvalue weighted by Crippen LogP contribution is -2.24. The Morgan fingerprint density at radius 2 is 2.20 bits per heavy atom. The van der Waals surface area contributed by atoms with Gasteiger partial charge in [0.2, 0.25) is 0 Å². The second-order valence-electron chi connectivity index (χ2n) is 4.55. The Hall–Kier alpha value is -2.47. The third-order valence-corrected chi connectivity index (χ3v) is 3.14. The molecule has 0 atom stereocenters. The van der Waals surface area contributed by atoms with Gasteiger partial charge in [0.1, 0.15) is 0 Å². The Bertz CT molecular complexity index is 748. The van der Waals surface area contributed by atoms with Crippen molar-refractivity contribution in [1.29, 1.82) is 0 Å². The maximum Gasteiger partial charge on any atom is 0.252 e. The van der Waals surface area contributed by atoms with Crippen molar-refractivity contribution in [2.24, 2.45) is 0 Å². The maximum atomic E-state index is 11.9. The summed E-state index contributed by atoms with van der Waals surface area (Å²) < 4.78 is 1.75. The van der Waals surface area contributed by atoms with E-state index in [0.29, 0.717) is 6.54 Å². The molecule has 2 heterocycles. The van der Waals surface area contributed by atoms with E-state index in [9.17, 15) is 4.79 Å². The number of benzene rings is 1. The molecule has 0 spiro atoms. The smallest absolute Gasteiger partial charge is 0.252 e. The summed E-state index contributed by atoms with van der Waals surface area (Å²) in [5.74, 6) is 0. The quantitative estimate of drug-likeness (QED) is 0.675. The van der Waals surface area contributed by atoms with Gasteiger partial charge in [-0.2, -0.15) is 0 Å². The minimum absolute atomic E-state index is 0.0445. The van der Waals surface area contributed by atoms with E-state index in [1.807, 2.05) is 36.5 Å². The summed E-state index contributed by atoms with van der Waals surface area (Å²) in [6.07, 6.45) is 3.46. The molecular formula is C14H15N5O. The highest BCUT2D eigenvalue weighted by Gasteiger charge is 2.02. The van der Waals surface area contributed by atoms with E-state index in [2.05, 4.69) is 20.6 Å². The molecule has 20 heavy (non-hydrogen) atoms. The van der Waals surface area contributed by atoms with Crippen LogP contribution in [-0.4, -0.2) is 26.5 Å². The summed E-state index contributed by atoms with van der Waals surface area (Å²) in [4.78, 5) is 14.8. The third-order valence-electron chi connectivity index (χ3n) is 3.14. The van der Waals surface area contributed by atoms with Gasteiger partial charge >= 0.3 is 0 Å². The lowest BCUT2D eigenvalue weighted by atomic mass is 10.1. The summed E-state index contributed by atoms with van der Waals surface area (Å²) >= 11 is 0. The van der Waals surface area contributed by atoms with E-state index in [4.69, 9.17) is 0 Å². The molecule has 0 aliphatic rings. The predicted molar refractivity (Wildman–Crippen MR) is 76.3 cm³/mol. The van der Waals surface area contributed by atoms with Crippen LogP contribution in [0.3, 0.4) is 0 Å². The molecule has 0 amide bonds. The molecule has 6 heteroatoms. The standard InChI is InChI=1S/C14H15N5O/c20-14-12(9-11-3-1-2-4-13(11)17-14)10-15-5-7-19-8-6-16-18-19/h1-4,6,8-9,15H,5,7,10H2,(H,17,20). The van der Waals surface area contributed by atoms with Crippen molar-refractivity contribution in [3.05, 3.63) is 58.6 Å². The molecule has 2 aromatic heterocycles. The summed E-state index contributed by atoms with van der Waals surface area (Å²) in [7, 11) is 0. The van der Waals surface area contributed by atoms with Gasteiger partial charge in [0.05, 0.1) is 12.7 Å². The predicted octanol–water partition coefficient (Wildman–Crippen LogP) is 0.909. The number of nitrogens with zero attached hydrogens (tertiary/aromatic N) is 3. The summed E-state index contributed by atoms with van der Waals surface area (Å²) in [6, 6.07) is 9.69. The van der Waals surface area contributed by atoms with Crippen molar-refractivity contribution in [2.45, 2.75) is 13.1 Å². The van der Waals surface area contributed by atoms with Crippen molar-refractivity contribution in [3.8, 4) is 0 Å². The molecule has 0 saturated heterocycles. The van der Waals surface area contributed by atoms with Crippen LogP contribution >= 0.6 is 0 Å². The Kier molecular flexibility index (Phi) is 3.56. The molecule has 0 aliphatic carbocycles. The van der Waals surface area contributed by atoms with Crippen LogP contribution in [0.25, 0.3) is 10.9 Å². The summed E-state index contributed by atoms with van der Waals surface area (Å²) in [5, 5.41) is 11.9. The van der Waals surface area contributed by atoms with Gasteiger partial charge in [-0.3, -0.25) is 9.48 Å². The monoisotopic (exact) mass is 269 g/mol. The highest BCUT2D eigenvalue weighted by molar-refractivity contribution is 5.78. The molecule has 3 rings (SSSR count). The number of hydrogen-bond donors (Lipinski definition) is 2. The van der Waals surface area contributed by atoms with Crippen LogP contribution in [-0.2, 0) is 13.1 Å². The van der Waals surface area contributed by atoms with Gasteiger partial charge in [0.25, 0.3) is 5.56 Å². The van der Waals surface area contributed by atoms with Crippen LogP contribution < -0.4 is 10.9 Å². The van der Waals surface area contributed by atoms with Gasteiger partial charge in [-0.15, -0.1) is 5.10 Å². The minimum Gasteiger partial charge on any atom is -0.322 e. The van der Waals surface area contributed by atoms with E-state index >= 15 is 0 Å². The van der Waals surface area contributed by atoms with Crippen molar-refractivity contribution in [1.82, 2.24) is 25.3 Å². The van der Waals surface area contributed by atoms with Crippen molar-refractivity contribution in [3.63, 3.8) is 0 Å². The van der Waals surface area contributed by atoms with E-state index in [1.165, 1.54) is 0 Å². The zero-order chi connectivity index (χ0) is 13.8. The van der Waals surface area contributed by atoms with Crippen molar-refractivity contribution >= 4 is 10.9 Å². The number of nitrogens with one attached hydrogen (secondary N) is 2. The van der Waals surface area contributed by atoms with Gasteiger partial charge < -0.3 is 10.3 Å². The number of aromatic nitrogens is 4. The first-order valence-electron chi connectivity index (χ1n) is 6.49.